The Hall–Kier alpha value is -1.14. The lowest BCUT2D eigenvalue weighted by Crippen LogP contribution is -1.76. The van der Waals surface area contributed by atoms with E-state index in [0.29, 0.717) is 0 Å². The van der Waals surface area contributed by atoms with Crippen LogP contribution in [0.2, 0.25) is 0 Å². The van der Waals surface area contributed by atoms with E-state index in [-0.39, 0.29) is 6.42 Å². The van der Waals surface area contributed by atoms with E-state index in [1.54, 1.807) is 0 Å². The first-order valence-corrected chi connectivity index (χ1v) is 2.92. The molecule has 52 valence electrons. The summed E-state index contributed by atoms with van der Waals surface area (Å²) in [5, 5.41) is 0. The van der Waals surface area contributed by atoms with Gasteiger partial charge in [0, 0.05) is 6.42 Å². The third kappa shape index (κ3) is 1.67. The lowest BCUT2D eigenvalue weighted by molar-refractivity contribution is 0.540. The van der Waals surface area contributed by atoms with E-state index in [0.717, 1.165) is 6.08 Å². The van der Waals surface area contributed by atoms with Gasteiger partial charge in [0.15, 0.2) is 5.83 Å². The zero-order valence-corrected chi connectivity index (χ0v) is 5.27. The number of rotatable bonds is 0. The van der Waals surface area contributed by atoms with Crippen molar-refractivity contribution >= 4 is 0 Å². The Morgan fingerprint density at radius 1 is 1.40 bits per heavy atom. The number of hydrogen-bond acceptors (Lipinski definition) is 0. The molecule has 0 aromatic rings. The van der Waals surface area contributed by atoms with Crippen LogP contribution in [0.1, 0.15) is 6.42 Å². The molecule has 0 fully saturated rings. The van der Waals surface area contributed by atoms with Crippen LogP contribution in [0, 0.1) is 0 Å². The molecule has 0 amide bonds. The zero-order chi connectivity index (χ0) is 7.40. The minimum absolute atomic E-state index is 0.00727. The predicted octanol–water partition coefficient (Wildman–Crippen LogP) is 2.81. The molecule has 0 unspecified atom stereocenters. The van der Waals surface area contributed by atoms with Crippen LogP contribution < -0.4 is 0 Å². The molecule has 0 spiro atoms. The molecule has 1 aliphatic carbocycles. The second kappa shape index (κ2) is 3.14. The maximum absolute atomic E-state index is 12.4. The highest BCUT2D eigenvalue weighted by Gasteiger charge is 1.99. The van der Waals surface area contributed by atoms with Crippen molar-refractivity contribution in [1.82, 2.24) is 0 Å². The standard InChI is InChI=1S/C8H6F2/c9-7-5-3-1-2-4-6-8(7)10/h1,3-5H,6H2/b5-3-,8-7-. The molecule has 0 nitrogen and oxygen atoms in total. The Bertz CT molecular complexity index is 240. The smallest absolute Gasteiger partial charge is 0.154 e. The molecule has 0 saturated heterocycles. The minimum Gasteiger partial charge on any atom is -0.208 e. The topological polar surface area (TPSA) is 0 Å². The molecule has 0 N–H and O–H groups in total. The van der Waals surface area contributed by atoms with Crippen LogP contribution >= 0.6 is 0 Å². The van der Waals surface area contributed by atoms with Crippen molar-refractivity contribution in [3.63, 3.8) is 0 Å². The summed E-state index contributed by atoms with van der Waals surface area (Å²) in [4.78, 5) is 0. The molecule has 1 aliphatic rings. The van der Waals surface area contributed by atoms with E-state index in [9.17, 15) is 8.78 Å². The van der Waals surface area contributed by atoms with Gasteiger partial charge in [-0.1, -0.05) is 6.08 Å². The molecule has 0 aromatic heterocycles. The molecule has 0 aliphatic heterocycles. The summed E-state index contributed by atoms with van der Waals surface area (Å²) in [6, 6.07) is 0. The third-order valence-corrected chi connectivity index (χ3v) is 1.09. The Morgan fingerprint density at radius 3 is 3.00 bits per heavy atom. The van der Waals surface area contributed by atoms with Gasteiger partial charge in [0.2, 0.25) is 0 Å². The maximum atomic E-state index is 12.4. The van der Waals surface area contributed by atoms with Crippen LogP contribution in [0.25, 0.3) is 0 Å². The first-order chi connectivity index (χ1) is 4.80. The van der Waals surface area contributed by atoms with Crippen molar-refractivity contribution in [2.45, 2.75) is 6.42 Å². The van der Waals surface area contributed by atoms with Gasteiger partial charge in [-0.3, -0.25) is 0 Å². The molecule has 10 heavy (non-hydrogen) atoms. The van der Waals surface area contributed by atoms with Crippen molar-refractivity contribution in [1.29, 1.82) is 0 Å². The fraction of sp³-hybridized carbons (Fsp3) is 0.125. The summed E-state index contributed by atoms with van der Waals surface area (Å²) in [5.41, 5.74) is 2.66. The second-order valence-corrected chi connectivity index (χ2v) is 1.85. The van der Waals surface area contributed by atoms with E-state index in [4.69, 9.17) is 0 Å². The van der Waals surface area contributed by atoms with Gasteiger partial charge < -0.3 is 0 Å². The summed E-state index contributed by atoms with van der Waals surface area (Å²) < 4.78 is 24.8. The normalized spacial score (nSPS) is 27.8. The lowest BCUT2D eigenvalue weighted by atomic mass is 10.2. The van der Waals surface area contributed by atoms with Crippen molar-refractivity contribution in [3.8, 4) is 0 Å². The van der Waals surface area contributed by atoms with Gasteiger partial charge in [-0.15, -0.1) is 5.73 Å². The fourth-order valence-electron chi connectivity index (χ4n) is 0.593. The van der Waals surface area contributed by atoms with Crippen LogP contribution in [0.3, 0.4) is 0 Å². The average molecular weight is 140 g/mol. The predicted molar refractivity (Wildman–Crippen MR) is 35.7 cm³/mol. The second-order valence-electron chi connectivity index (χ2n) is 1.85. The van der Waals surface area contributed by atoms with Crippen LogP contribution in [0.4, 0.5) is 8.78 Å². The minimum atomic E-state index is -0.797. The molecule has 0 saturated carbocycles. The molecular formula is C8H6F2. The van der Waals surface area contributed by atoms with Crippen molar-refractivity contribution in [3.05, 3.63) is 41.7 Å². The van der Waals surface area contributed by atoms with Gasteiger partial charge in [0.1, 0.15) is 5.83 Å². The van der Waals surface area contributed by atoms with Gasteiger partial charge in [0.25, 0.3) is 0 Å². The first-order valence-electron chi connectivity index (χ1n) is 2.92. The van der Waals surface area contributed by atoms with E-state index in [1.165, 1.54) is 18.2 Å². The van der Waals surface area contributed by atoms with Crippen molar-refractivity contribution in [2.75, 3.05) is 0 Å². The quantitative estimate of drug-likeness (QED) is 0.454. The fourth-order valence-corrected chi connectivity index (χ4v) is 0.593. The largest absolute Gasteiger partial charge is 0.208 e. The summed E-state index contributed by atoms with van der Waals surface area (Å²) in [5.74, 6) is -1.54. The lowest BCUT2D eigenvalue weighted by Gasteiger charge is -1.91. The highest BCUT2D eigenvalue weighted by atomic mass is 19.2. The van der Waals surface area contributed by atoms with E-state index < -0.39 is 11.7 Å². The average Bonchev–Trinajstić information content (AvgIpc) is 1.92. The number of allylic oxidation sites excluding steroid dienone is 5. The van der Waals surface area contributed by atoms with E-state index >= 15 is 0 Å². The SMILES string of the molecule is FC1=C(\F)CC=C=C/C=C\1. The van der Waals surface area contributed by atoms with Gasteiger partial charge in [-0.05, 0) is 18.2 Å². The molecule has 0 atom stereocenters. The van der Waals surface area contributed by atoms with Crippen LogP contribution in [-0.2, 0) is 0 Å². The Morgan fingerprint density at radius 2 is 2.20 bits per heavy atom. The number of hydrogen-bond donors (Lipinski definition) is 0. The highest BCUT2D eigenvalue weighted by molar-refractivity contribution is 5.22. The van der Waals surface area contributed by atoms with E-state index in [1.807, 2.05) is 0 Å². The third-order valence-electron chi connectivity index (χ3n) is 1.09. The molecule has 1 rings (SSSR count). The molecule has 0 bridgehead atoms. The van der Waals surface area contributed by atoms with Crippen molar-refractivity contribution in [2.24, 2.45) is 0 Å². The van der Waals surface area contributed by atoms with Gasteiger partial charge in [-0.2, -0.15) is 0 Å². The summed E-state index contributed by atoms with van der Waals surface area (Å²) in [6.07, 6.45) is 5.46. The molecule has 2 heteroatoms. The molecular weight excluding hydrogens is 134 g/mol. The van der Waals surface area contributed by atoms with Crippen LogP contribution in [-0.4, -0.2) is 0 Å². The maximum Gasteiger partial charge on any atom is 0.154 e. The molecule has 0 heterocycles. The Balaban J connectivity index is 2.91. The zero-order valence-electron chi connectivity index (χ0n) is 5.27. The van der Waals surface area contributed by atoms with Crippen molar-refractivity contribution < 1.29 is 8.78 Å². The van der Waals surface area contributed by atoms with Crippen LogP contribution in [0.15, 0.2) is 41.7 Å². The summed E-state index contributed by atoms with van der Waals surface area (Å²) in [7, 11) is 0. The highest BCUT2D eigenvalue weighted by Crippen LogP contribution is 2.14. The monoisotopic (exact) mass is 140 g/mol. The Kier molecular flexibility index (Phi) is 2.19. The summed E-state index contributed by atoms with van der Waals surface area (Å²) in [6.45, 7) is 0. The van der Waals surface area contributed by atoms with Gasteiger partial charge in [-0.25, -0.2) is 8.78 Å². The Labute approximate surface area is 57.9 Å². The van der Waals surface area contributed by atoms with Gasteiger partial charge >= 0.3 is 0 Å². The van der Waals surface area contributed by atoms with E-state index in [2.05, 4.69) is 5.73 Å². The molecule has 0 radical (unpaired) electrons. The number of halogens is 2. The van der Waals surface area contributed by atoms with Crippen LogP contribution in [0.5, 0.6) is 0 Å². The molecule has 0 aromatic carbocycles. The van der Waals surface area contributed by atoms with Gasteiger partial charge in [0.05, 0.1) is 0 Å². The summed E-state index contributed by atoms with van der Waals surface area (Å²) >= 11 is 0. The first kappa shape index (κ1) is 6.97.